The van der Waals surface area contributed by atoms with Gasteiger partial charge >= 0.3 is 0 Å². The monoisotopic (exact) mass is 210 g/mol. The predicted octanol–water partition coefficient (Wildman–Crippen LogP) is 2.23. The van der Waals surface area contributed by atoms with Crippen LogP contribution in [0.2, 0.25) is 0 Å². The summed E-state index contributed by atoms with van der Waals surface area (Å²) in [5.41, 5.74) is 6.37. The molecule has 0 bridgehead atoms. The smallest absolute Gasteiger partial charge is 0.0410 e. The SMILES string of the molecule is CCC1(N)CN(C2CC(C)CC(C)C2)C1. The zero-order valence-electron chi connectivity index (χ0n) is 10.5. The molecule has 2 atom stereocenters. The molecule has 88 valence electrons. The summed E-state index contributed by atoms with van der Waals surface area (Å²) < 4.78 is 0. The van der Waals surface area contributed by atoms with Crippen molar-refractivity contribution in [2.45, 2.75) is 58.0 Å². The van der Waals surface area contributed by atoms with Gasteiger partial charge in [-0.2, -0.15) is 0 Å². The number of nitrogens with zero attached hydrogens (tertiary/aromatic N) is 1. The van der Waals surface area contributed by atoms with E-state index in [9.17, 15) is 0 Å². The minimum Gasteiger partial charge on any atom is -0.323 e. The molecular weight excluding hydrogens is 184 g/mol. The average molecular weight is 210 g/mol. The van der Waals surface area contributed by atoms with Crippen LogP contribution < -0.4 is 5.73 Å². The lowest BCUT2D eigenvalue weighted by Gasteiger charge is -2.53. The van der Waals surface area contributed by atoms with Gasteiger partial charge in [0, 0.05) is 24.7 Å². The number of hydrogen-bond donors (Lipinski definition) is 1. The molecule has 2 heteroatoms. The van der Waals surface area contributed by atoms with Crippen molar-refractivity contribution in [3.63, 3.8) is 0 Å². The van der Waals surface area contributed by atoms with Crippen molar-refractivity contribution < 1.29 is 0 Å². The molecule has 0 radical (unpaired) electrons. The Balaban J connectivity index is 1.85. The van der Waals surface area contributed by atoms with Gasteiger partial charge in [-0.3, -0.25) is 4.90 Å². The molecule has 2 nitrogen and oxygen atoms in total. The Morgan fingerprint density at radius 1 is 1.13 bits per heavy atom. The van der Waals surface area contributed by atoms with Crippen LogP contribution in [0.15, 0.2) is 0 Å². The Morgan fingerprint density at radius 3 is 2.13 bits per heavy atom. The third-order valence-corrected chi connectivity index (χ3v) is 4.41. The highest BCUT2D eigenvalue weighted by atomic mass is 15.3. The molecule has 0 aromatic carbocycles. The molecule has 2 aliphatic rings. The van der Waals surface area contributed by atoms with Crippen molar-refractivity contribution in [2.75, 3.05) is 13.1 Å². The van der Waals surface area contributed by atoms with E-state index >= 15 is 0 Å². The Kier molecular flexibility index (Phi) is 3.09. The topological polar surface area (TPSA) is 29.3 Å². The Labute approximate surface area is 94.2 Å². The molecule has 0 spiro atoms. The lowest BCUT2D eigenvalue weighted by Crippen LogP contribution is -2.69. The van der Waals surface area contributed by atoms with Crippen LogP contribution in [0.3, 0.4) is 0 Å². The van der Waals surface area contributed by atoms with E-state index in [0.717, 1.165) is 37.4 Å². The molecule has 2 rings (SSSR count). The maximum atomic E-state index is 6.23. The summed E-state index contributed by atoms with van der Waals surface area (Å²) in [6.07, 6.45) is 5.33. The molecular formula is C13H26N2. The van der Waals surface area contributed by atoms with Crippen molar-refractivity contribution in [3.8, 4) is 0 Å². The number of likely N-dealkylation sites (tertiary alicyclic amines) is 1. The second-order valence-electron chi connectivity index (χ2n) is 6.19. The molecule has 1 saturated carbocycles. The van der Waals surface area contributed by atoms with E-state index in [1.165, 1.54) is 19.3 Å². The maximum Gasteiger partial charge on any atom is 0.0410 e. The van der Waals surface area contributed by atoms with Gasteiger partial charge < -0.3 is 5.73 Å². The highest BCUT2D eigenvalue weighted by Crippen LogP contribution is 2.35. The van der Waals surface area contributed by atoms with Crippen LogP contribution in [0.5, 0.6) is 0 Å². The molecule has 1 aliphatic heterocycles. The van der Waals surface area contributed by atoms with Gasteiger partial charge in [-0.15, -0.1) is 0 Å². The van der Waals surface area contributed by atoms with E-state index in [0.29, 0.717) is 0 Å². The first kappa shape index (κ1) is 11.4. The minimum atomic E-state index is 0.143. The Morgan fingerprint density at radius 2 is 1.67 bits per heavy atom. The van der Waals surface area contributed by atoms with Gasteiger partial charge in [-0.25, -0.2) is 0 Å². The van der Waals surface area contributed by atoms with Gasteiger partial charge in [0.15, 0.2) is 0 Å². The number of nitrogens with two attached hydrogens (primary N) is 1. The van der Waals surface area contributed by atoms with Crippen molar-refractivity contribution >= 4 is 0 Å². The first-order chi connectivity index (χ1) is 7.02. The molecule has 0 aromatic heterocycles. The normalized spacial score (nSPS) is 41.2. The van der Waals surface area contributed by atoms with Gasteiger partial charge in [-0.05, 0) is 37.5 Å². The zero-order valence-corrected chi connectivity index (χ0v) is 10.5. The summed E-state index contributed by atoms with van der Waals surface area (Å²) in [4.78, 5) is 2.62. The van der Waals surface area contributed by atoms with Gasteiger partial charge in [0.1, 0.15) is 0 Å². The van der Waals surface area contributed by atoms with Gasteiger partial charge in [0.05, 0.1) is 0 Å². The second kappa shape index (κ2) is 4.06. The zero-order chi connectivity index (χ0) is 11.1. The fourth-order valence-electron chi connectivity index (χ4n) is 3.45. The number of rotatable bonds is 2. The summed E-state index contributed by atoms with van der Waals surface area (Å²) in [7, 11) is 0. The van der Waals surface area contributed by atoms with Crippen molar-refractivity contribution in [1.29, 1.82) is 0 Å². The van der Waals surface area contributed by atoms with Crippen LogP contribution in [0, 0.1) is 11.8 Å². The molecule has 1 saturated heterocycles. The Hall–Kier alpha value is -0.0800. The van der Waals surface area contributed by atoms with Crippen LogP contribution in [-0.2, 0) is 0 Å². The van der Waals surface area contributed by atoms with Gasteiger partial charge in [0.2, 0.25) is 0 Å². The standard InChI is InChI=1S/C13H26N2/c1-4-13(14)8-15(9-13)12-6-10(2)5-11(3)7-12/h10-12H,4-9,14H2,1-3H3. The molecule has 0 amide bonds. The Bertz CT molecular complexity index is 211. The number of hydrogen-bond acceptors (Lipinski definition) is 2. The largest absolute Gasteiger partial charge is 0.323 e. The molecule has 1 aliphatic carbocycles. The van der Waals surface area contributed by atoms with Gasteiger partial charge in [0.25, 0.3) is 0 Å². The first-order valence-electron chi connectivity index (χ1n) is 6.55. The van der Waals surface area contributed by atoms with E-state index in [1.807, 2.05) is 0 Å². The van der Waals surface area contributed by atoms with Crippen LogP contribution in [-0.4, -0.2) is 29.6 Å². The van der Waals surface area contributed by atoms with Gasteiger partial charge in [-0.1, -0.05) is 20.8 Å². The summed E-state index contributed by atoms with van der Waals surface area (Å²) in [5.74, 6) is 1.82. The predicted molar refractivity (Wildman–Crippen MR) is 64.7 cm³/mol. The van der Waals surface area contributed by atoms with Crippen LogP contribution in [0.4, 0.5) is 0 Å². The highest BCUT2D eigenvalue weighted by Gasteiger charge is 2.42. The van der Waals surface area contributed by atoms with Crippen LogP contribution in [0.25, 0.3) is 0 Å². The van der Waals surface area contributed by atoms with E-state index in [-0.39, 0.29) is 5.54 Å². The average Bonchev–Trinajstić information content (AvgIpc) is 2.11. The van der Waals surface area contributed by atoms with Crippen LogP contribution >= 0.6 is 0 Å². The van der Waals surface area contributed by atoms with E-state index < -0.39 is 0 Å². The first-order valence-corrected chi connectivity index (χ1v) is 6.55. The van der Waals surface area contributed by atoms with Crippen molar-refractivity contribution in [3.05, 3.63) is 0 Å². The van der Waals surface area contributed by atoms with Crippen LogP contribution in [0.1, 0.15) is 46.5 Å². The molecule has 2 N–H and O–H groups in total. The molecule has 1 heterocycles. The lowest BCUT2D eigenvalue weighted by atomic mass is 9.76. The minimum absolute atomic E-state index is 0.143. The van der Waals surface area contributed by atoms with E-state index in [1.54, 1.807) is 0 Å². The fourth-order valence-corrected chi connectivity index (χ4v) is 3.45. The summed E-state index contributed by atoms with van der Waals surface area (Å²) in [5, 5.41) is 0. The lowest BCUT2D eigenvalue weighted by molar-refractivity contribution is -0.00406. The second-order valence-corrected chi connectivity index (χ2v) is 6.19. The summed E-state index contributed by atoms with van der Waals surface area (Å²) in [6, 6.07) is 0.826. The molecule has 0 aromatic rings. The highest BCUT2D eigenvalue weighted by molar-refractivity contribution is 5.02. The molecule has 2 fully saturated rings. The summed E-state index contributed by atoms with van der Waals surface area (Å²) in [6.45, 7) is 9.28. The van der Waals surface area contributed by atoms with Crippen molar-refractivity contribution in [2.24, 2.45) is 17.6 Å². The summed E-state index contributed by atoms with van der Waals surface area (Å²) >= 11 is 0. The molecule has 2 unspecified atom stereocenters. The van der Waals surface area contributed by atoms with E-state index in [4.69, 9.17) is 5.73 Å². The fraction of sp³-hybridized carbons (Fsp3) is 1.00. The maximum absolute atomic E-state index is 6.23. The third-order valence-electron chi connectivity index (χ3n) is 4.41. The molecule has 15 heavy (non-hydrogen) atoms. The quantitative estimate of drug-likeness (QED) is 0.757. The van der Waals surface area contributed by atoms with Crippen molar-refractivity contribution in [1.82, 2.24) is 4.90 Å². The van der Waals surface area contributed by atoms with E-state index in [2.05, 4.69) is 25.7 Å². The third kappa shape index (κ3) is 2.36.